The molecule has 0 spiro atoms. The lowest BCUT2D eigenvalue weighted by Gasteiger charge is -2.43. The average molecular weight is 662 g/mol. The predicted molar refractivity (Wildman–Crippen MR) is 201 cm³/mol. The number of hydrogen-bond donors (Lipinski definition) is 0. The Morgan fingerprint density at radius 1 is 0.689 bits per heavy atom. The standard InChI is InChI=1S/C39H37NOP2S2/c1-28-26-34-38-35(24-15-25-36(38)42(44,30-16-7-3-8-17-30)31-18-9-4-10-19-31)40(29(2)41)39(34)37(27-28)43(45,32-20-11-5-12-21-32)33-22-13-6-14-23-33/h3-14,16-23,26-27,35-36,38H,15,24-25H2,1-2H3/t35-,36-,38-/m1/s1. The van der Waals surface area contributed by atoms with Gasteiger partial charge in [0.15, 0.2) is 0 Å². The number of rotatable bonds is 6. The minimum atomic E-state index is -2.53. The van der Waals surface area contributed by atoms with Gasteiger partial charge in [0.05, 0.1) is 5.69 Å². The molecular formula is C39H37NOP2S2. The summed E-state index contributed by atoms with van der Waals surface area (Å²) < 4.78 is 0. The number of anilines is 1. The molecule has 1 amide bonds. The summed E-state index contributed by atoms with van der Waals surface area (Å²) in [6, 6.07) is 42.6. The van der Waals surface area contributed by atoms with Gasteiger partial charge in [-0.25, -0.2) is 0 Å². The molecule has 5 aromatic rings. The number of benzene rings is 5. The van der Waals surface area contributed by atoms with E-state index in [1.165, 1.54) is 21.7 Å². The van der Waals surface area contributed by atoms with E-state index >= 15 is 0 Å². The molecule has 2 aliphatic rings. The van der Waals surface area contributed by atoms with Crippen molar-refractivity contribution in [1.82, 2.24) is 0 Å². The van der Waals surface area contributed by atoms with Crippen LogP contribution < -0.4 is 31.4 Å². The van der Waals surface area contributed by atoms with E-state index < -0.39 is 12.1 Å². The summed E-state index contributed by atoms with van der Waals surface area (Å²) >= 11 is 13.9. The van der Waals surface area contributed by atoms with Crippen LogP contribution in [0.5, 0.6) is 0 Å². The van der Waals surface area contributed by atoms with Crippen molar-refractivity contribution in [3.8, 4) is 0 Å². The average Bonchev–Trinajstić information content (AvgIpc) is 3.43. The van der Waals surface area contributed by atoms with Crippen LogP contribution >= 0.6 is 12.1 Å². The Balaban J connectivity index is 1.52. The maximum absolute atomic E-state index is 13.9. The molecule has 1 heterocycles. The van der Waals surface area contributed by atoms with Crippen LogP contribution in [0.1, 0.15) is 43.2 Å². The fourth-order valence-corrected chi connectivity index (χ4v) is 17.1. The molecule has 45 heavy (non-hydrogen) atoms. The normalized spacial score (nSPS) is 19.5. The molecule has 1 fully saturated rings. The Bertz CT molecular complexity index is 1860. The van der Waals surface area contributed by atoms with Crippen LogP contribution in [-0.4, -0.2) is 17.6 Å². The van der Waals surface area contributed by atoms with Gasteiger partial charge in [0.1, 0.15) is 0 Å². The van der Waals surface area contributed by atoms with E-state index in [4.69, 9.17) is 23.6 Å². The second-order valence-electron chi connectivity index (χ2n) is 12.3. The van der Waals surface area contributed by atoms with E-state index in [-0.39, 0.29) is 23.5 Å². The summed E-state index contributed by atoms with van der Waals surface area (Å²) in [6.07, 6.45) is 3.05. The zero-order valence-electron chi connectivity index (χ0n) is 25.6. The molecule has 1 aliphatic carbocycles. The van der Waals surface area contributed by atoms with Gasteiger partial charge >= 0.3 is 0 Å². The Labute approximate surface area is 277 Å². The molecule has 3 atom stereocenters. The summed E-state index contributed by atoms with van der Waals surface area (Å²) in [7, 11) is 0. The maximum atomic E-state index is 13.9. The molecule has 0 bridgehead atoms. The molecule has 0 saturated heterocycles. The number of carbonyl (C=O) groups is 1. The molecule has 226 valence electrons. The van der Waals surface area contributed by atoms with Crippen LogP contribution in [0.25, 0.3) is 0 Å². The highest BCUT2D eigenvalue weighted by atomic mass is 32.4. The molecule has 0 N–H and O–H groups in total. The molecular weight excluding hydrogens is 625 g/mol. The smallest absolute Gasteiger partial charge is 0.224 e. The van der Waals surface area contributed by atoms with Gasteiger partial charge in [0.25, 0.3) is 0 Å². The van der Waals surface area contributed by atoms with Crippen molar-refractivity contribution in [2.24, 2.45) is 0 Å². The molecule has 0 unspecified atom stereocenters. The van der Waals surface area contributed by atoms with E-state index in [0.29, 0.717) is 0 Å². The van der Waals surface area contributed by atoms with Gasteiger partial charge < -0.3 is 4.90 Å². The molecule has 6 heteroatoms. The van der Waals surface area contributed by atoms with Gasteiger partial charge in [-0.05, 0) is 52.6 Å². The molecule has 1 saturated carbocycles. The third kappa shape index (κ3) is 5.02. The second kappa shape index (κ2) is 12.2. The number of fused-ring (bicyclic) bond motifs is 3. The van der Waals surface area contributed by atoms with Gasteiger partial charge in [-0.2, -0.15) is 0 Å². The SMILES string of the molecule is CC(=O)N1c2c(cc(C)cc2P(=S)(c2ccccc2)c2ccccc2)[C@@H]2[C@H]1CCC[C@H]2P(=S)(c1ccccc1)c1ccccc1. The second-order valence-corrected chi connectivity index (χ2v) is 21.4. The van der Waals surface area contributed by atoms with Crippen LogP contribution in [0.3, 0.4) is 0 Å². The minimum absolute atomic E-state index is 0.0570. The highest BCUT2D eigenvalue weighted by molar-refractivity contribution is 8.25. The van der Waals surface area contributed by atoms with E-state index in [1.54, 1.807) is 6.92 Å². The van der Waals surface area contributed by atoms with E-state index in [9.17, 15) is 4.79 Å². The highest BCUT2D eigenvalue weighted by Crippen LogP contribution is 2.63. The summed E-state index contributed by atoms with van der Waals surface area (Å²) in [4.78, 5) is 16.0. The third-order valence-corrected chi connectivity index (χ3v) is 20.3. The monoisotopic (exact) mass is 661 g/mol. The van der Waals surface area contributed by atoms with Crippen LogP contribution in [0.2, 0.25) is 0 Å². The lowest BCUT2D eigenvalue weighted by Crippen LogP contribution is -2.45. The molecule has 1 aliphatic heterocycles. The van der Waals surface area contributed by atoms with Crippen LogP contribution in [0.15, 0.2) is 133 Å². The molecule has 0 radical (unpaired) electrons. The van der Waals surface area contributed by atoms with Crippen molar-refractivity contribution >= 4 is 73.8 Å². The highest BCUT2D eigenvalue weighted by Gasteiger charge is 2.52. The van der Waals surface area contributed by atoms with Crippen molar-refractivity contribution in [3.05, 3.63) is 145 Å². The van der Waals surface area contributed by atoms with Gasteiger partial charge in [-0.3, -0.25) is 4.79 Å². The summed E-state index contributed by atoms with van der Waals surface area (Å²) in [5, 5.41) is 5.93. The first-order chi connectivity index (χ1) is 21.8. The number of carbonyl (C=O) groups excluding carboxylic acids is 1. The van der Waals surface area contributed by atoms with Crippen molar-refractivity contribution in [1.29, 1.82) is 0 Å². The molecule has 7 rings (SSSR count). The van der Waals surface area contributed by atoms with Gasteiger partial charge in [0, 0.05) is 41.9 Å². The van der Waals surface area contributed by atoms with Crippen molar-refractivity contribution in [2.45, 2.75) is 50.7 Å². The predicted octanol–water partition coefficient (Wildman–Crippen LogP) is 7.25. The first-order valence-corrected chi connectivity index (χ1v) is 21.4. The largest absolute Gasteiger partial charge is 0.308 e. The van der Waals surface area contributed by atoms with Gasteiger partial charge in [0.2, 0.25) is 5.91 Å². The van der Waals surface area contributed by atoms with Crippen molar-refractivity contribution in [3.63, 3.8) is 0 Å². The number of aryl methyl sites for hydroxylation is 1. The van der Waals surface area contributed by atoms with Crippen molar-refractivity contribution in [2.75, 3.05) is 4.90 Å². The summed E-state index contributed by atoms with van der Waals surface area (Å²) in [5.41, 5.74) is 3.72. The zero-order valence-corrected chi connectivity index (χ0v) is 29.0. The summed E-state index contributed by atoms with van der Waals surface area (Å²) in [6.45, 7) is 3.92. The van der Waals surface area contributed by atoms with Crippen LogP contribution in [-0.2, 0) is 28.4 Å². The number of hydrogen-bond acceptors (Lipinski definition) is 3. The first kappa shape index (κ1) is 30.5. The fourth-order valence-electron chi connectivity index (χ4n) is 7.90. The number of nitrogens with zero attached hydrogens (tertiary/aromatic N) is 1. The zero-order chi connectivity index (χ0) is 31.2. The Kier molecular flexibility index (Phi) is 8.30. The van der Waals surface area contributed by atoms with Crippen molar-refractivity contribution < 1.29 is 4.79 Å². The summed E-state index contributed by atoms with van der Waals surface area (Å²) in [5.74, 6) is 0.224. The van der Waals surface area contributed by atoms with Gasteiger partial charge in [-0.15, -0.1) is 0 Å². The Hall–Kier alpha value is -3.13. The Morgan fingerprint density at radius 3 is 1.62 bits per heavy atom. The molecule has 0 aromatic heterocycles. The lowest BCUT2D eigenvalue weighted by atomic mass is 9.81. The first-order valence-electron chi connectivity index (χ1n) is 15.7. The quantitative estimate of drug-likeness (QED) is 0.179. The number of amides is 1. The van der Waals surface area contributed by atoms with Crippen LogP contribution in [0, 0.1) is 6.92 Å². The molecule has 2 nitrogen and oxygen atoms in total. The molecule has 5 aromatic carbocycles. The van der Waals surface area contributed by atoms with E-state index in [1.807, 2.05) is 0 Å². The Morgan fingerprint density at radius 2 is 1.16 bits per heavy atom. The third-order valence-electron chi connectivity index (χ3n) is 9.69. The lowest BCUT2D eigenvalue weighted by molar-refractivity contribution is -0.117. The van der Waals surface area contributed by atoms with E-state index in [0.717, 1.165) is 40.9 Å². The van der Waals surface area contributed by atoms with E-state index in [2.05, 4.69) is 145 Å². The van der Waals surface area contributed by atoms with Crippen LogP contribution in [0.4, 0.5) is 5.69 Å². The fraction of sp³-hybridized carbons (Fsp3) is 0.205. The van der Waals surface area contributed by atoms with Gasteiger partial charge in [-0.1, -0.05) is 163 Å². The maximum Gasteiger partial charge on any atom is 0.224 e. The topological polar surface area (TPSA) is 20.3 Å². The minimum Gasteiger partial charge on any atom is -0.308 e.